The monoisotopic (exact) mass is 575 g/mol. The maximum absolute atomic E-state index is 13.4. The van der Waals surface area contributed by atoms with Gasteiger partial charge in [-0.05, 0) is 57.0 Å². The van der Waals surface area contributed by atoms with Crippen molar-refractivity contribution in [2.24, 2.45) is 0 Å². The van der Waals surface area contributed by atoms with E-state index in [1.54, 1.807) is 31.3 Å². The van der Waals surface area contributed by atoms with Crippen molar-refractivity contribution in [1.82, 2.24) is 15.2 Å². The normalized spacial score (nSPS) is 15.2. The maximum atomic E-state index is 13.4. The average Bonchev–Trinajstić information content (AvgIpc) is 3.44. The van der Waals surface area contributed by atoms with Gasteiger partial charge < -0.3 is 25.2 Å². The van der Waals surface area contributed by atoms with Gasteiger partial charge in [0.25, 0.3) is 5.91 Å². The van der Waals surface area contributed by atoms with E-state index < -0.39 is 0 Å². The number of carbonyl (C=O) groups excluding carboxylic acids is 2. The first-order valence-corrected chi connectivity index (χ1v) is 14.9. The number of benzene rings is 1. The minimum atomic E-state index is -0.0355. The second kappa shape index (κ2) is 17.1. The number of anilines is 3. The Kier molecular flexibility index (Phi) is 14.0. The van der Waals surface area contributed by atoms with Crippen LogP contribution >= 0.6 is 0 Å². The fourth-order valence-electron chi connectivity index (χ4n) is 4.89. The van der Waals surface area contributed by atoms with E-state index in [0.717, 1.165) is 23.4 Å². The predicted octanol–water partition coefficient (Wildman–Crippen LogP) is 6.43. The number of carbonyl (C=O) groups is 2. The highest BCUT2D eigenvalue weighted by atomic mass is 16.5. The van der Waals surface area contributed by atoms with Crippen LogP contribution in [0.25, 0.3) is 0 Å². The van der Waals surface area contributed by atoms with Crippen molar-refractivity contribution in [1.29, 1.82) is 0 Å². The van der Waals surface area contributed by atoms with E-state index in [4.69, 9.17) is 4.74 Å². The molecule has 42 heavy (non-hydrogen) atoms. The number of ether oxygens (including phenoxy) is 1. The molecule has 1 aliphatic rings. The van der Waals surface area contributed by atoms with Crippen molar-refractivity contribution in [3.8, 4) is 0 Å². The van der Waals surface area contributed by atoms with Crippen LogP contribution in [0.2, 0.25) is 0 Å². The van der Waals surface area contributed by atoms with E-state index in [0.29, 0.717) is 61.0 Å². The van der Waals surface area contributed by atoms with E-state index in [1.807, 2.05) is 74.9 Å². The molecule has 1 unspecified atom stereocenters. The minimum Gasteiger partial charge on any atom is -0.496 e. The summed E-state index contributed by atoms with van der Waals surface area (Å²) in [6, 6.07) is 10.2. The van der Waals surface area contributed by atoms with E-state index in [-0.39, 0.29) is 11.7 Å². The third-order valence-electron chi connectivity index (χ3n) is 6.76. The van der Waals surface area contributed by atoms with Crippen LogP contribution in [0.5, 0.6) is 0 Å². The van der Waals surface area contributed by atoms with E-state index in [9.17, 15) is 9.59 Å². The van der Waals surface area contributed by atoms with Crippen LogP contribution in [0.3, 0.4) is 0 Å². The second-order valence-electron chi connectivity index (χ2n) is 10.3. The molecule has 8 nitrogen and oxygen atoms in total. The Balaban J connectivity index is 0.00000301. The molecule has 8 heteroatoms. The summed E-state index contributed by atoms with van der Waals surface area (Å²) in [4.78, 5) is 34.0. The van der Waals surface area contributed by atoms with Gasteiger partial charge in [-0.25, -0.2) is 4.98 Å². The van der Waals surface area contributed by atoms with Gasteiger partial charge in [0.2, 0.25) is 0 Å². The molecule has 1 aromatic heterocycles. The first-order valence-electron chi connectivity index (χ1n) is 14.9. The van der Waals surface area contributed by atoms with Crippen LogP contribution in [0.4, 0.5) is 17.2 Å². The Bertz CT molecular complexity index is 1270. The lowest BCUT2D eigenvalue weighted by Gasteiger charge is -2.24. The number of aromatic nitrogens is 1. The van der Waals surface area contributed by atoms with E-state index in [2.05, 4.69) is 36.0 Å². The summed E-state index contributed by atoms with van der Waals surface area (Å²) in [5.41, 5.74) is 3.92. The molecule has 1 aliphatic heterocycles. The van der Waals surface area contributed by atoms with Gasteiger partial charge >= 0.3 is 0 Å². The number of pyridine rings is 1. The molecule has 1 saturated heterocycles. The van der Waals surface area contributed by atoms with E-state index >= 15 is 0 Å². The van der Waals surface area contributed by atoms with Crippen molar-refractivity contribution in [3.05, 3.63) is 83.8 Å². The summed E-state index contributed by atoms with van der Waals surface area (Å²) >= 11 is 0. The molecule has 0 bridgehead atoms. The van der Waals surface area contributed by atoms with Crippen molar-refractivity contribution >= 4 is 28.9 Å². The zero-order valence-electron chi connectivity index (χ0n) is 26.7. The fourth-order valence-corrected chi connectivity index (χ4v) is 4.89. The number of para-hydroxylation sites is 1. The van der Waals surface area contributed by atoms with Gasteiger partial charge in [0, 0.05) is 61.3 Å². The molecule has 2 heterocycles. The summed E-state index contributed by atoms with van der Waals surface area (Å²) in [6.07, 6.45) is 7.88. The number of amides is 1. The molecule has 1 aromatic carbocycles. The van der Waals surface area contributed by atoms with Crippen LogP contribution in [0.15, 0.2) is 72.7 Å². The Morgan fingerprint density at radius 1 is 1.24 bits per heavy atom. The van der Waals surface area contributed by atoms with Crippen molar-refractivity contribution in [2.75, 3.05) is 43.5 Å². The molecule has 0 aliphatic carbocycles. The summed E-state index contributed by atoms with van der Waals surface area (Å²) in [5, 5.41) is 6.86. The number of nitrogens with zero attached hydrogens (tertiary/aromatic N) is 3. The number of Topliss-reactive ketones (excluding diaryl/α,β-unsaturated/α-hetero) is 1. The van der Waals surface area contributed by atoms with Gasteiger partial charge in [-0.2, -0.15) is 0 Å². The molecule has 2 aromatic rings. The molecule has 2 N–H and O–H groups in total. The van der Waals surface area contributed by atoms with E-state index in [1.165, 1.54) is 0 Å². The van der Waals surface area contributed by atoms with Crippen molar-refractivity contribution < 1.29 is 14.3 Å². The summed E-state index contributed by atoms with van der Waals surface area (Å²) in [5.74, 6) is 1.25. The standard InChI is InChI=1S/C32H43N5O3.C2H6/c1-8-12-25(32(39)37-16-15-26(21-37)35-22(3)4)17-27(40-9-2)20-34-31-18-30(23(5)19-33-31)36(7)29-14-11-10-13-28(29)24(6)38;1-2/h8,10-14,17-19,22,26,35H,1,9,15-16,20-21H2,2-7H3,(H,33,34);1-2H3/b25-12+,27-17+;. The first-order chi connectivity index (χ1) is 20.1. The molecular formula is C34H49N5O3. The van der Waals surface area contributed by atoms with Gasteiger partial charge in [0.15, 0.2) is 5.78 Å². The third kappa shape index (κ3) is 9.58. The number of allylic oxidation sites excluding steroid dienone is 2. The van der Waals surface area contributed by atoms with Crippen LogP contribution < -0.4 is 15.5 Å². The van der Waals surface area contributed by atoms with Crippen molar-refractivity contribution in [2.45, 2.75) is 67.0 Å². The number of rotatable bonds is 13. The Hall–Kier alpha value is -3.91. The molecule has 0 radical (unpaired) electrons. The topological polar surface area (TPSA) is 86.8 Å². The fraction of sp³-hybridized carbons (Fsp3) is 0.441. The first kappa shape index (κ1) is 34.3. The predicted molar refractivity (Wildman–Crippen MR) is 175 cm³/mol. The summed E-state index contributed by atoms with van der Waals surface area (Å²) in [6.45, 7) is 19.7. The number of hydrogen-bond acceptors (Lipinski definition) is 7. The minimum absolute atomic E-state index is 0.0116. The van der Waals surface area contributed by atoms with Gasteiger partial charge in [-0.1, -0.05) is 52.5 Å². The van der Waals surface area contributed by atoms with Gasteiger partial charge in [-0.15, -0.1) is 0 Å². The largest absolute Gasteiger partial charge is 0.496 e. The quantitative estimate of drug-likeness (QED) is 0.123. The molecule has 228 valence electrons. The van der Waals surface area contributed by atoms with Gasteiger partial charge in [-0.3, -0.25) is 9.59 Å². The highest BCUT2D eigenvalue weighted by molar-refractivity contribution is 6.00. The third-order valence-corrected chi connectivity index (χ3v) is 6.76. The average molecular weight is 576 g/mol. The lowest BCUT2D eigenvalue weighted by Crippen LogP contribution is -2.38. The van der Waals surface area contributed by atoms with Crippen LogP contribution in [0, 0.1) is 6.92 Å². The number of likely N-dealkylation sites (tertiary alicyclic amines) is 1. The highest BCUT2D eigenvalue weighted by Crippen LogP contribution is 2.31. The Morgan fingerprint density at radius 3 is 2.60 bits per heavy atom. The zero-order chi connectivity index (χ0) is 31.2. The molecule has 3 rings (SSSR count). The lowest BCUT2D eigenvalue weighted by atomic mass is 10.1. The molecule has 1 amide bonds. The van der Waals surface area contributed by atoms with Crippen LogP contribution in [-0.2, 0) is 9.53 Å². The molecular weight excluding hydrogens is 526 g/mol. The van der Waals surface area contributed by atoms with Crippen LogP contribution in [0.1, 0.15) is 63.9 Å². The smallest absolute Gasteiger partial charge is 0.254 e. The maximum Gasteiger partial charge on any atom is 0.254 e. The van der Waals surface area contributed by atoms with Crippen LogP contribution in [-0.4, -0.2) is 66.9 Å². The summed E-state index contributed by atoms with van der Waals surface area (Å²) < 4.78 is 5.90. The number of aryl methyl sites for hydroxylation is 1. The zero-order valence-corrected chi connectivity index (χ0v) is 26.7. The molecule has 1 fully saturated rings. The molecule has 0 spiro atoms. The highest BCUT2D eigenvalue weighted by Gasteiger charge is 2.27. The lowest BCUT2D eigenvalue weighted by molar-refractivity contribution is -0.125. The summed E-state index contributed by atoms with van der Waals surface area (Å²) in [7, 11) is 1.94. The van der Waals surface area contributed by atoms with Gasteiger partial charge in [0.05, 0.1) is 18.8 Å². The molecule has 1 atom stereocenters. The molecule has 0 saturated carbocycles. The SMILES string of the molecule is C=C/C=C(\C=C(/CNc1cc(N(C)c2ccccc2C(C)=O)c(C)cn1)OCC)C(=O)N1CCC(NC(C)C)C1.CC. The Labute approximate surface area is 252 Å². The number of nitrogens with one attached hydrogen (secondary N) is 2. The van der Waals surface area contributed by atoms with Crippen molar-refractivity contribution in [3.63, 3.8) is 0 Å². The second-order valence-corrected chi connectivity index (χ2v) is 10.3. The Morgan fingerprint density at radius 2 is 1.95 bits per heavy atom. The number of hydrogen-bond donors (Lipinski definition) is 2. The number of ketones is 1. The van der Waals surface area contributed by atoms with Gasteiger partial charge in [0.1, 0.15) is 11.6 Å².